The highest BCUT2D eigenvalue weighted by atomic mass is 32.2. The van der Waals surface area contributed by atoms with Crippen molar-refractivity contribution in [3.8, 4) is 0 Å². The average Bonchev–Trinajstić information content (AvgIpc) is 2.90. The summed E-state index contributed by atoms with van der Waals surface area (Å²) in [5.41, 5.74) is 0.0427. The van der Waals surface area contributed by atoms with Gasteiger partial charge in [0.25, 0.3) is 10.1 Å². The molecule has 1 aliphatic heterocycles. The maximum Gasteiger partial charge on any atom is 0.312 e. The van der Waals surface area contributed by atoms with Crippen LogP contribution in [-0.2, 0) is 36.5 Å². The summed E-state index contributed by atoms with van der Waals surface area (Å²) in [5.74, 6) is -3.21. The third-order valence-corrected chi connectivity index (χ3v) is 5.51. The summed E-state index contributed by atoms with van der Waals surface area (Å²) in [6.07, 6.45) is 0.0584. The minimum Gasteiger partial charge on any atom is -0.772 e. The van der Waals surface area contributed by atoms with Gasteiger partial charge in [-0.1, -0.05) is 17.1 Å². The molecule has 3 atom stereocenters. The fourth-order valence-electron chi connectivity index (χ4n) is 2.79. The van der Waals surface area contributed by atoms with Crippen LogP contribution in [0.5, 0.6) is 0 Å². The summed E-state index contributed by atoms with van der Waals surface area (Å²) in [6.45, 7) is 0.00791. The van der Waals surface area contributed by atoms with Crippen LogP contribution in [0.15, 0.2) is 18.2 Å². The van der Waals surface area contributed by atoms with Crippen molar-refractivity contribution in [1.82, 2.24) is 0 Å². The molecule has 0 aliphatic carbocycles. The van der Waals surface area contributed by atoms with Crippen LogP contribution in [-0.4, -0.2) is 46.7 Å². The summed E-state index contributed by atoms with van der Waals surface area (Å²) in [7, 11) is -3.60. The van der Waals surface area contributed by atoms with E-state index in [4.69, 9.17) is 0 Å². The highest BCUT2D eigenvalue weighted by molar-refractivity contribution is 7.86. The van der Waals surface area contributed by atoms with E-state index in [1.807, 2.05) is 0 Å². The molecule has 1 aromatic carbocycles. The molecule has 3 unspecified atom stereocenters. The first-order valence-electron chi connectivity index (χ1n) is 6.80. The third-order valence-electron chi connectivity index (χ3n) is 3.75. The van der Waals surface area contributed by atoms with Crippen molar-refractivity contribution in [1.29, 1.82) is 0 Å². The summed E-state index contributed by atoms with van der Waals surface area (Å²) in [6, 6.07) is 3.52. The van der Waals surface area contributed by atoms with Crippen LogP contribution in [0.2, 0.25) is 0 Å². The van der Waals surface area contributed by atoms with Gasteiger partial charge in [0.05, 0.1) is 18.7 Å². The number of carbonyl (C=O) groups is 1. The lowest BCUT2D eigenvalue weighted by molar-refractivity contribution is -0.145. The van der Waals surface area contributed by atoms with Crippen molar-refractivity contribution < 1.29 is 35.7 Å². The first-order chi connectivity index (χ1) is 11.1. The number of halogens is 1. The fraction of sp³-hybridized carbons (Fsp3) is 0.462. The van der Waals surface area contributed by atoms with Crippen LogP contribution in [0.4, 0.5) is 10.1 Å². The van der Waals surface area contributed by atoms with E-state index in [0.29, 0.717) is 0 Å². The lowest BCUT2D eigenvalue weighted by Gasteiger charge is -2.27. The number of carbonyl (C=O) groups excluding carboxylic acids is 1. The van der Waals surface area contributed by atoms with Crippen molar-refractivity contribution in [2.24, 2.45) is 5.92 Å². The molecule has 0 saturated carbocycles. The number of benzene rings is 1. The minimum absolute atomic E-state index is 0.00791. The van der Waals surface area contributed by atoms with Gasteiger partial charge in [0.15, 0.2) is 5.37 Å². The Hall–Kier alpha value is -1.56. The van der Waals surface area contributed by atoms with Crippen LogP contribution in [0.1, 0.15) is 12.0 Å². The molecule has 1 aromatic rings. The summed E-state index contributed by atoms with van der Waals surface area (Å²) in [4.78, 5) is 12.8. The summed E-state index contributed by atoms with van der Waals surface area (Å²) < 4.78 is 72.9. The lowest BCUT2D eigenvalue weighted by Crippen LogP contribution is -2.42. The molecule has 2 rings (SSSR count). The minimum atomic E-state index is -4.69. The predicted octanol–water partition coefficient (Wildman–Crippen LogP) is 0.418. The molecule has 11 heteroatoms. The SMILES string of the molecule is COC(=O)C1CCN(c2ccc(CS(=O)[O-])cc2F)C1S(=O)(=O)O. The monoisotopic (exact) mass is 380 g/mol. The maximum absolute atomic E-state index is 14.3. The Labute approximate surface area is 140 Å². The van der Waals surface area contributed by atoms with Gasteiger partial charge in [-0.25, -0.2) is 4.39 Å². The number of hydrogen-bond donors (Lipinski definition) is 1. The Morgan fingerprint density at radius 1 is 1.54 bits per heavy atom. The van der Waals surface area contributed by atoms with Gasteiger partial charge >= 0.3 is 5.97 Å². The molecule has 8 nitrogen and oxygen atoms in total. The van der Waals surface area contributed by atoms with Gasteiger partial charge in [0, 0.05) is 12.3 Å². The Bertz CT molecular complexity index is 768. The second-order valence-corrected chi connectivity index (χ2v) is 7.66. The van der Waals surface area contributed by atoms with Gasteiger partial charge in [-0.15, -0.1) is 0 Å². The first kappa shape index (κ1) is 18.8. The Morgan fingerprint density at radius 3 is 2.71 bits per heavy atom. The molecule has 24 heavy (non-hydrogen) atoms. The Morgan fingerprint density at radius 2 is 2.21 bits per heavy atom. The number of anilines is 1. The van der Waals surface area contributed by atoms with Crippen LogP contribution in [0, 0.1) is 11.7 Å². The van der Waals surface area contributed by atoms with E-state index in [-0.39, 0.29) is 30.0 Å². The van der Waals surface area contributed by atoms with Crippen LogP contribution in [0.3, 0.4) is 0 Å². The second-order valence-electron chi connectivity index (χ2n) is 5.25. The first-order valence-corrected chi connectivity index (χ1v) is 9.55. The van der Waals surface area contributed by atoms with Gasteiger partial charge in [0.2, 0.25) is 0 Å². The van der Waals surface area contributed by atoms with Gasteiger partial charge in [-0.3, -0.25) is 13.6 Å². The highest BCUT2D eigenvalue weighted by Gasteiger charge is 2.47. The molecular weight excluding hydrogens is 365 g/mol. The zero-order valence-corrected chi connectivity index (χ0v) is 14.2. The molecule has 1 aliphatic rings. The molecular formula is C13H15FNO7S2-. The van der Waals surface area contributed by atoms with Crippen LogP contribution in [0.25, 0.3) is 0 Å². The normalized spacial score (nSPS) is 22.4. The second kappa shape index (κ2) is 7.13. The van der Waals surface area contributed by atoms with E-state index in [0.717, 1.165) is 18.1 Å². The molecule has 1 heterocycles. The van der Waals surface area contributed by atoms with Crippen molar-refractivity contribution in [3.63, 3.8) is 0 Å². The van der Waals surface area contributed by atoms with E-state index in [2.05, 4.69) is 4.74 Å². The topological polar surface area (TPSA) is 124 Å². The van der Waals surface area contributed by atoms with Crippen molar-refractivity contribution in [3.05, 3.63) is 29.6 Å². The summed E-state index contributed by atoms with van der Waals surface area (Å²) in [5, 5.41) is -1.67. The Kier molecular flexibility index (Phi) is 5.58. The number of esters is 1. The molecule has 0 bridgehead atoms. The van der Waals surface area contributed by atoms with Crippen LogP contribution >= 0.6 is 0 Å². The zero-order chi connectivity index (χ0) is 18.1. The van der Waals surface area contributed by atoms with Gasteiger partial charge in [-0.05, 0) is 24.1 Å². The smallest absolute Gasteiger partial charge is 0.312 e. The Balaban J connectivity index is 2.40. The van der Waals surface area contributed by atoms with Crippen molar-refractivity contribution in [2.75, 3.05) is 18.6 Å². The van der Waals surface area contributed by atoms with Gasteiger partial charge in [-0.2, -0.15) is 8.42 Å². The standard InChI is InChI=1S/C13H16FNO7S2/c1-22-13(16)9-4-5-15(12(9)24(19,20)21)11-3-2-8(6-10(11)14)7-23(17)18/h2-3,6,9,12H,4-5,7H2,1H3,(H,17,18)(H,19,20,21)/p-1. The fourth-order valence-corrected chi connectivity index (χ4v) is 4.44. The largest absolute Gasteiger partial charge is 0.772 e. The maximum atomic E-state index is 14.3. The zero-order valence-electron chi connectivity index (χ0n) is 12.5. The molecule has 1 N–H and O–H groups in total. The van der Waals surface area contributed by atoms with Crippen LogP contribution < -0.4 is 4.90 Å². The highest BCUT2D eigenvalue weighted by Crippen LogP contribution is 2.35. The molecule has 0 amide bonds. The van der Waals surface area contributed by atoms with Crippen molar-refractivity contribution in [2.45, 2.75) is 17.5 Å². The van der Waals surface area contributed by atoms with E-state index >= 15 is 0 Å². The molecule has 0 radical (unpaired) electrons. The quantitative estimate of drug-likeness (QED) is 0.443. The number of hydrogen-bond acceptors (Lipinski definition) is 7. The lowest BCUT2D eigenvalue weighted by atomic mass is 10.1. The molecule has 1 saturated heterocycles. The molecule has 134 valence electrons. The molecule has 0 aromatic heterocycles. The van der Waals surface area contributed by atoms with E-state index < -0.39 is 44.3 Å². The molecule has 1 fully saturated rings. The number of nitrogens with zero attached hydrogens (tertiary/aromatic N) is 1. The van der Waals surface area contributed by atoms with Gasteiger partial charge in [0.1, 0.15) is 5.82 Å². The predicted molar refractivity (Wildman–Crippen MR) is 81.8 cm³/mol. The number of methoxy groups -OCH3 is 1. The average molecular weight is 380 g/mol. The van der Waals surface area contributed by atoms with E-state index in [9.17, 15) is 30.9 Å². The third kappa shape index (κ3) is 3.91. The van der Waals surface area contributed by atoms with Crippen molar-refractivity contribution >= 4 is 32.9 Å². The number of rotatable bonds is 5. The molecule has 0 spiro atoms. The van der Waals surface area contributed by atoms with E-state index in [1.165, 1.54) is 12.1 Å². The van der Waals surface area contributed by atoms with Gasteiger partial charge < -0.3 is 14.2 Å². The number of ether oxygens (including phenoxy) is 1. The van der Waals surface area contributed by atoms with E-state index in [1.54, 1.807) is 0 Å². The summed E-state index contributed by atoms with van der Waals surface area (Å²) >= 11 is -2.39.